The lowest BCUT2D eigenvalue weighted by molar-refractivity contribution is -0.142. The molecule has 0 fully saturated rings. The van der Waals surface area contributed by atoms with Crippen molar-refractivity contribution in [3.63, 3.8) is 0 Å². The summed E-state index contributed by atoms with van der Waals surface area (Å²) in [5, 5.41) is 9.93. The maximum Gasteiger partial charge on any atom is 0.343 e. The molecule has 0 aromatic heterocycles. The van der Waals surface area contributed by atoms with E-state index in [1.54, 1.807) is 12.1 Å². The molecular formula is C21H25FO4. The highest BCUT2D eigenvalue weighted by atomic mass is 19.1. The molecule has 5 heteroatoms. The molecule has 1 N–H and O–H groups in total. The summed E-state index contributed by atoms with van der Waals surface area (Å²) >= 11 is 0. The summed E-state index contributed by atoms with van der Waals surface area (Å²) in [7, 11) is 1.31. The van der Waals surface area contributed by atoms with Gasteiger partial charge in [0.1, 0.15) is 17.3 Å². The van der Waals surface area contributed by atoms with Crippen LogP contribution in [0.25, 0.3) is 0 Å². The van der Waals surface area contributed by atoms with Crippen molar-refractivity contribution in [2.24, 2.45) is 0 Å². The number of rotatable bonds is 6. The number of benzene rings is 2. The van der Waals surface area contributed by atoms with Crippen LogP contribution in [0.15, 0.2) is 24.3 Å². The molecule has 0 radical (unpaired) electrons. The van der Waals surface area contributed by atoms with E-state index < -0.39 is 5.97 Å². The molecule has 0 unspecified atom stereocenters. The lowest BCUT2D eigenvalue weighted by Crippen LogP contribution is -2.13. The Morgan fingerprint density at radius 3 is 2.35 bits per heavy atom. The van der Waals surface area contributed by atoms with Crippen molar-refractivity contribution in [2.75, 3.05) is 13.7 Å². The van der Waals surface area contributed by atoms with Crippen molar-refractivity contribution < 1.29 is 23.8 Å². The summed E-state index contributed by atoms with van der Waals surface area (Å²) in [6, 6.07) is 6.82. The second-order valence-corrected chi connectivity index (χ2v) is 6.70. The Bertz CT molecular complexity index is 789. The molecule has 0 spiro atoms. The highest BCUT2D eigenvalue weighted by molar-refractivity contribution is 5.70. The molecule has 2 aromatic rings. The molecule has 0 aliphatic heterocycles. The number of ether oxygens (including phenoxy) is 2. The molecule has 26 heavy (non-hydrogen) atoms. The molecule has 0 saturated heterocycles. The van der Waals surface area contributed by atoms with E-state index in [2.05, 4.69) is 4.74 Å². The monoisotopic (exact) mass is 360 g/mol. The van der Waals surface area contributed by atoms with Crippen LogP contribution < -0.4 is 4.74 Å². The number of methoxy groups -OCH3 is 1. The molecule has 0 saturated carbocycles. The molecule has 2 rings (SSSR count). The summed E-state index contributed by atoms with van der Waals surface area (Å²) in [5.41, 5.74) is 3.78. The third-order valence-electron chi connectivity index (χ3n) is 4.44. The number of esters is 1. The fourth-order valence-electron chi connectivity index (χ4n) is 3.02. The highest BCUT2D eigenvalue weighted by Gasteiger charge is 2.17. The van der Waals surface area contributed by atoms with Gasteiger partial charge in [0, 0.05) is 12.0 Å². The van der Waals surface area contributed by atoms with E-state index in [1.807, 2.05) is 39.8 Å². The van der Waals surface area contributed by atoms with Crippen LogP contribution in [0.2, 0.25) is 0 Å². The van der Waals surface area contributed by atoms with Gasteiger partial charge in [-0.15, -0.1) is 0 Å². The fourth-order valence-corrected chi connectivity index (χ4v) is 3.02. The molecule has 0 aliphatic carbocycles. The molecule has 140 valence electrons. The Labute approximate surface area is 153 Å². The highest BCUT2D eigenvalue weighted by Crippen LogP contribution is 2.32. The Morgan fingerprint density at radius 1 is 1.19 bits per heavy atom. The molecule has 0 aliphatic rings. The zero-order valence-electron chi connectivity index (χ0n) is 15.9. The first kappa shape index (κ1) is 19.8. The molecule has 2 aromatic carbocycles. The second-order valence-electron chi connectivity index (χ2n) is 6.70. The Balaban J connectivity index is 2.31. The zero-order valence-corrected chi connectivity index (χ0v) is 15.9. The van der Waals surface area contributed by atoms with Crippen molar-refractivity contribution in [3.05, 3.63) is 57.9 Å². The van der Waals surface area contributed by atoms with Crippen molar-refractivity contribution in [3.8, 4) is 11.5 Å². The standard InChI is InChI=1S/C21H25FO4/c1-12(2)20-18(23)7-6-15(21(20)22)10-17-13(3)8-16(9-14(17)4)26-11-19(24)25-5/h6-9,12,23H,10-11H2,1-5H3. The van der Waals surface area contributed by atoms with Gasteiger partial charge in [-0.1, -0.05) is 19.9 Å². The number of halogens is 1. The van der Waals surface area contributed by atoms with E-state index >= 15 is 0 Å². The number of hydrogen-bond donors (Lipinski definition) is 1. The largest absolute Gasteiger partial charge is 0.508 e. The van der Waals surface area contributed by atoms with Gasteiger partial charge in [-0.25, -0.2) is 9.18 Å². The van der Waals surface area contributed by atoms with Gasteiger partial charge < -0.3 is 14.6 Å². The topological polar surface area (TPSA) is 55.8 Å². The quantitative estimate of drug-likeness (QED) is 0.775. The van der Waals surface area contributed by atoms with Gasteiger partial charge in [-0.05, 0) is 60.2 Å². The maximum atomic E-state index is 14.8. The first-order chi connectivity index (χ1) is 12.2. The molecule has 0 atom stereocenters. The molecule has 4 nitrogen and oxygen atoms in total. The number of hydrogen-bond acceptors (Lipinski definition) is 4. The lowest BCUT2D eigenvalue weighted by Gasteiger charge is -2.16. The first-order valence-electron chi connectivity index (χ1n) is 8.54. The van der Waals surface area contributed by atoms with Gasteiger partial charge >= 0.3 is 5.97 Å². The van der Waals surface area contributed by atoms with Crippen molar-refractivity contribution in [2.45, 2.75) is 40.0 Å². The van der Waals surface area contributed by atoms with Crippen LogP contribution in [-0.4, -0.2) is 24.8 Å². The maximum absolute atomic E-state index is 14.8. The van der Waals surface area contributed by atoms with Gasteiger partial charge in [-0.2, -0.15) is 0 Å². The molecule has 0 heterocycles. The Hall–Kier alpha value is -2.56. The van der Waals surface area contributed by atoms with Crippen LogP contribution >= 0.6 is 0 Å². The minimum Gasteiger partial charge on any atom is -0.508 e. The predicted molar refractivity (Wildman–Crippen MR) is 98.4 cm³/mol. The molecular weight excluding hydrogens is 335 g/mol. The number of carbonyl (C=O) groups is 1. The zero-order chi connectivity index (χ0) is 19.4. The third-order valence-corrected chi connectivity index (χ3v) is 4.44. The summed E-state index contributed by atoms with van der Waals surface area (Å²) < 4.78 is 24.8. The van der Waals surface area contributed by atoms with Gasteiger partial charge in [0.05, 0.1) is 7.11 Å². The average molecular weight is 360 g/mol. The lowest BCUT2D eigenvalue weighted by atomic mass is 9.92. The number of aromatic hydroxyl groups is 1. The molecule has 0 amide bonds. The smallest absolute Gasteiger partial charge is 0.343 e. The van der Waals surface area contributed by atoms with Crippen LogP contribution in [0.1, 0.15) is 47.6 Å². The van der Waals surface area contributed by atoms with Gasteiger partial charge in [-0.3, -0.25) is 0 Å². The van der Waals surface area contributed by atoms with E-state index in [-0.39, 0.29) is 24.1 Å². The van der Waals surface area contributed by atoms with E-state index in [4.69, 9.17) is 4.74 Å². The second kappa shape index (κ2) is 8.21. The Kier molecular flexibility index (Phi) is 6.24. The van der Waals surface area contributed by atoms with E-state index in [0.29, 0.717) is 23.3 Å². The van der Waals surface area contributed by atoms with Crippen LogP contribution in [-0.2, 0) is 16.0 Å². The molecule has 0 bridgehead atoms. The van der Waals surface area contributed by atoms with Crippen molar-refractivity contribution >= 4 is 5.97 Å². The summed E-state index contributed by atoms with van der Waals surface area (Å²) in [4.78, 5) is 11.2. The third kappa shape index (κ3) is 4.34. The van der Waals surface area contributed by atoms with Crippen LogP contribution in [0.5, 0.6) is 11.5 Å². The summed E-state index contributed by atoms with van der Waals surface area (Å²) in [6.45, 7) is 7.40. The number of phenolic OH excluding ortho intramolecular Hbond substituents is 1. The SMILES string of the molecule is COC(=O)COc1cc(C)c(Cc2ccc(O)c(C(C)C)c2F)c(C)c1. The van der Waals surface area contributed by atoms with Crippen LogP contribution in [0.4, 0.5) is 4.39 Å². The Morgan fingerprint density at radius 2 is 1.81 bits per heavy atom. The number of phenols is 1. The number of aryl methyl sites for hydroxylation is 2. The van der Waals surface area contributed by atoms with E-state index in [1.165, 1.54) is 7.11 Å². The van der Waals surface area contributed by atoms with Crippen LogP contribution in [0.3, 0.4) is 0 Å². The summed E-state index contributed by atoms with van der Waals surface area (Å²) in [6.07, 6.45) is 0.417. The predicted octanol–water partition coefficient (Wildman–Crippen LogP) is 4.41. The van der Waals surface area contributed by atoms with Gasteiger partial charge in [0.25, 0.3) is 0 Å². The van der Waals surface area contributed by atoms with E-state index in [0.717, 1.165) is 16.7 Å². The normalized spacial score (nSPS) is 10.9. The average Bonchev–Trinajstić information content (AvgIpc) is 2.57. The summed E-state index contributed by atoms with van der Waals surface area (Å²) in [5.74, 6) is -0.350. The van der Waals surface area contributed by atoms with E-state index in [9.17, 15) is 14.3 Å². The minimum atomic E-state index is -0.447. The fraction of sp³-hybridized carbons (Fsp3) is 0.381. The van der Waals surface area contributed by atoms with Gasteiger partial charge in [0.15, 0.2) is 6.61 Å². The first-order valence-corrected chi connectivity index (χ1v) is 8.54. The minimum absolute atomic E-state index is 0.0127. The van der Waals surface area contributed by atoms with Crippen molar-refractivity contribution in [1.29, 1.82) is 0 Å². The van der Waals surface area contributed by atoms with Gasteiger partial charge in [0.2, 0.25) is 0 Å². The van der Waals surface area contributed by atoms with Crippen molar-refractivity contribution in [1.82, 2.24) is 0 Å². The number of carbonyl (C=O) groups excluding carboxylic acids is 1. The van der Waals surface area contributed by atoms with Crippen LogP contribution in [0, 0.1) is 19.7 Å².